The van der Waals surface area contributed by atoms with E-state index in [2.05, 4.69) is 28.0 Å². The Morgan fingerprint density at radius 3 is 2.89 bits per heavy atom. The lowest BCUT2D eigenvalue weighted by Gasteiger charge is -2.19. The van der Waals surface area contributed by atoms with E-state index in [1.807, 2.05) is 43.6 Å². The molecule has 0 spiro atoms. The van der Waals surface area contributed by atoms with E-state index in [0.29, 0.717) is 6.54 Å². The molecule has 2 atom stereocenters. The first-order valence-electron chi connectivity index (χ1n) is 8.75. The van der Waals surface area contributed by atoms with Crippen LogP contribution in [0.3, 0.4) is 0 Å². The molecule has 1 amide bonds. The van der Waals surface area contributed by atoms with Crippen LogP contribution in [0.2, 0.25) is 0 Å². The molecule has 7 nitrogen and oxygen atoms in total. The normalized spacial score (nSPS) is 17.4. The van der Waals surface area contributed by atoms with Gasteiger partial charge in [-0.2, -0.15) is 5.10 Å². The van der Waals surface area contributed by atoms with Crippen molar-refractivity contribution in [1.82, 2.24) is 20.6 Å². The van der Waals surface area contributed by atoms with Crippen LogP contribution in [0, 0.1) is 0 Å². The Kier molecular flexibility index (Phi) is 4.62. The molecule has 0 saturated carbocycles. The highest BCUT2D eigenvalue weighted by Crippen LogP contribution is 2.22. The topological polar surface area (TPSA) is 94.2 Å². The summed E-state index contributed by atoms with van der Waals surface area (Å²) in [6.07, 6.45) is 4.57. The predicted octanol–water partition coefficient (Wildman–Crippen LogP) is 1.63. The summed E-state index contributed by atoms with van der Waals surface area (Å²) in [7, 11) is 1.83. The lowest BCUT2D eigenvalue weighted by molar-refractivity contribution is -0.131. The van der Waals surface area contributed by atoms with Crippen LogP contribution in [0.25, 0.3) is 16.5 Å². The number of nitrogens with one attached hydrogen (secondary N) is 2. The van der Waals surface area contributed by atoms with Gasteiger partial charge in [0.1, 0.15) is 0 Å². The van der Waals surface area contributed by atoms with Crippen molar-refractivity contribution in [3.63, 3.8) is 0 Å². The summed E-state index contributed by atoms with van der Waals surface area (Å²) in [4.78, 5) is 18.0. The van der Waals surface area contributed by atoms with E-state index in [-0.39, 0.29) is 11.9 Å². The highest BCUT2D eigenvalue weighted by molar-refractivity contribution is 5.87. The number of carbonyl (C=O) groups is 1. The van der Waals surface area contributed by atoms with Crippen LogP contribution < -0.4 is 16.5 Å². The summed E-state index contributed by atoms with van der Waals surface area (Å²) in [5.41, 5.74) is 11.3. The average Bonchev–Trinajstić information content (AvgIpc) is 3.34. The van der Waals surface area contributed by atoms with Crippen molar-refractivity contribution in [2.45, 2.75) is 12.1 Å². The molecule has 0 radical (unpaired) electrons. The monoisotopic (exact) mass is 363 g/mol. The fourth-order valence-corrected chi connectivity index (χ4v) is 3.15. The van der Waals surface area contributed by atoms with Crippen molar-refractivity contribution >= 4 is 22.4 Å². The number of amides is 1. The SMILES string of the molecule is Cn1cc(C2=CC(C(=O)NC(CN)c3ccc4ccccc4c3)ON2)cn1. The molecule has 1 aromatic heterocycles. The van der Waals surface area contributed by atoms with Gasteiger partial charge >= 0.3 is 0 Å². The first-order valence-corrected chi connectivity index (χ1v) is 8.75. The van der Waals surface area contributed by atoms with Gasteiger partial charge in [0, 0.05) is 25.4 Å². The van der Waals surface area contributed by atoms with E-state index >= 15 is 0 Å². The number of benzene rings is 2. The summed E-state index contributed by atoms with van der Waals surface area (Å²) in [6.45, 7) is 0.295. The Bertz CT molecular complexity index is 1010. The van der Waals surface area contributed by atoms with Crippen LogP contribution in [-0.2, 0) is 16.7 Å². The van der Waals surface area contributed by atoms with E-state index in [1.165, 1.54) is 0 Å². The lowest BCUT2D eigenvalue weighted by atomic mass is 10.0. The molecule has 1 aliphatic heterocycles. The van der Waals surface area contributed by atoms with Gasteiger partial charge in [-0.3, -0.25) is 19.8 Å². The Balaban J connectivity index is 1.49. The summed E-state index contributed by atoms with van der Waals surface area (Å²) in [5.74, 6) is -0.245. The molecule has 0 bridgehead atoms. The third-order valence-corrected chi connectivity index (χ3v) is 4.62. The zero-order valence-corrected chi connectivity index (χ0v) is 14.9. The van der Waals surface area contributed by atoms with E-state index in [0.717, 1.165) is 27.6 Å². The third-order valence-electron chi connectivity index (χ3n) is 4.62. The molecular formula is C20H21N5O2. The first-order chi connectivity index (χ1) is 13.1. The minimum absolute atomic E-state index is 0.245. The Hall–Kier alpha value is -3.16. The summed E-state index contributed by atoms with van der Waals surface area (Å²) < 4.78 is 1.69. The number of nitrogens with zero attached hydrogens (tertiary/aromatic N) is 2. The van der Waals surface area contributed by atoms with Gasteiger partial charge in [-0.1, -0.05) is 36.4 Å². The fraction of sp³-hybridized carbons (Fsp3) is 0.200. The van der Waals surface area contributed by atoms with Gasteiger partial charge in [-0.15, -0.1) is 0 Å². The number of hydroxylamine groups is 1. The van der Waals surface area contributed by atoms with Gasteiger partial charge in [0.05, 0.1) is 17.9 Å². The van der Waals surface area contributed by atoms with Crippen molar-refractivity contribution in [2.24, 2.45) is 12.8 Å². The van der Waals surface area contributed by atoms with Crippen LogP contribution in [0.4, 0.5) is 0 Å². The van der Waals surface area contributed by atoms with Gasteiger partial charge in [-0.25, -0.2) is 0 Å². The number of hydrogen-bond acceptors (Lipinski definition) is 5. The average molecular weight is 363 g/mol. The maximum absolute atomic E-state index is 12.6. The van der Waals surface area contributed by atoms with E-state index < -0.39 is 6.10 Å². The van der Waals surface area contributed by atoms with Crippen molar-refractivity contribution < 1.29 is 9.63 Å². The number of aromatic nitrogens is 2. The molecule has 1 aliphatic rings. The van der Waals surface area contributed by atoms with Crippen molar-refractivity contribution in [3.05, 3.63) is 72.1 Å². The molecule has 2 aromatic carbocycles. The number of nitrogens with two attached hydrogens (primary N) is 1. The number of rotatable bonds is 5. The van der Waals surface area contributed by atoms with Gasteiger partial charge < -0.3 is 11.1 Å². The summed E-state index contributed by atoms with van der Waals surface area (Å²) in [5, 5.41) is 9.35. The van der Waals surface area contributed by atoms with Crippen LogP contribution in [0.15, 0.2) is 60.9 Å². The van der Waals surface area contributed by atoms with Crippen LogP contribution in [0.1, 0.15) is 17.2 Å². The van der Waals surface area contributed by atoms with E-state index in [4.69, 9.17) is 10.6 Å². The molecule has 27 heavy (non-hydrogen) atoms. The molecular weight excluding hydrogens is 342 g/mol. The van der Waals surface area contributed by atoms with Crippen molar-refractivity contribution in [1.29, 1.82) is 0 Å². The van der Waals surface area contributed by atoms with Crippen molar-refractivity contribution in [2.75, 3.05) is 6.54 Å². The number of carbonyl (C=O) groups excluding carboxylic acids is 1. The standard InChI is InChI=1S/C20H21N5O2/c1-25-12-16(11-22-25)17-9-19(27-24-17)20(26)23-18(10-21)15-7-6-13-4-2-3-5-14(13)8-15/h2-9,11-12,18-19,24H,10,21H2,1H3,(H,23,26). The molecule has 4 N–H and O–H groups in total. The second-order valence-electron chi connectivity index (χ2n) is 6.53. The van der Waals surface area contributed by atoms with Gasteiger partial charge in [0.2, 0.25) is 0 Å². The smallest absolute Gasteiger partial charge is 0.256 e. The minimum atomic E-state index is -0.727. The summed E-state index contributed by atoms with van der Waals surface area (Å²) in [6, 6.07) is 13.9. The zero-order valence-electron chi connectivity index (χ0n) is 14.9. The minimum Gasteiger partial charge on any atom is -0.345 e. The molecule has 7 heteroatoms. The maximum atomic E-state index is 12.6. The molecule has 2 heterocycles. The predicted molar refractivity (Wildman–Crippen MR) is 103 cm³/mol. The highest BCUT2D eigenvalue weighted by atomic mass is 16.7. The molecule has 0 aliphatic carbocycles. The Labute approximate surface area is 156 Å². The first kappa shape index (κ1) is 17.3. The second kappa shape index (κ2) is 7.22. The lowest BCUT2D eigenvalue weighted by Crippen LogP contribution is -2.40. The third kappa shape index (κ3) is 3.55. The highest BCUT2D eigenvalue weighted by Gasteiger charge is 2.27. The zero-order chi connectivity index (χ0) is 18.8. The molecule has 3 aromatic rings. The Morgan fingerprint density at radius 2 is 2.15 bits per heavy atom. The maximum Gasteiger partial charge on any atom is 0.256 e. The molecule has 2 unspecified atom stereocenters. The Morgan fingerprint density at radius 1 is 1.33 bits per heavy atom. The number of hydrogen-bond donors (Lipinski definition) is 3. The molecule has 4 rings (SSSR count). The molecule has 0 saturated heterocycles. The van der Waals surface area contributed by atoms with E-state index in [1.54, 1.807) is 17.0 Å². The molecule has 138 valence electrons. The van der Waals surface area contributed by atoms with Crippen LogP contribution in [0.5, 0.6) is 0 Å². The van der Waals surface area contributed by atoms with Gasteiger partial charge in [-0.05, 0) is 28.5 Å². The largest absolute Gasteiger partial charge is 0.345 e. The van der Waals surface area contributed by atoms with E-state index in [9.17, 15) is 4.79 Å². The van der Waals surface area contributed by atoms with Crippen molar-refractivity contribution in [3.8, 4) is 0 Å². The summed E-state index contributed by atoms with van der Waals surface area (Å²) >= 11 is 0. The molecule has 0 fully saturated rings. The second-order valence-corrected chi connectivity index (χ2v) is 6.53. The van der Waals surface area contributed by atoms with Crippen LogP contribution >= 0.6 is 0 Å². The fourth-order valence-electron chi connectivity index (χ4n) is 3.15. The quantitative estimate of drug-likeness (QED) is 0.641. The van der Waals surface area contributed by atoms with Gasteiger partial charge in [0.25, 0.3) is 5.91 Å². The van der Waals surface area contributed by atoms with Crippen LogP contribution in [-0.4, -0.2) is 28.3 Å². The number of aryl methyl sites for hydroxylation is 1. The number of fused-ring (bicyclic) bond motifs is 1. The van der Waals surface area contributed by atoms with Gasteiger partial charge in [0.15, 0.2) is 6.10 Å².